The molecule has 1 N–H and O–H groups in total. The number of benzene rings is 2. The van der Waals surface area contributed by atoms with E-state index in [-0.39, 0.29) is 5.91 Å². The summed E-state index contributed by atoms with van der Waals surface area (Å²) in [6, 6.07) is 17.4. The Labute approximate surface area is 179 Å². The Morgan fingerprint density at radius 3 is 2.60 bits per heavy atom. The Balaban J connectivity index is 1.64. The number of thiophene rings is 1. The lowest BCUT2D eigenvalue weighted by Crippen LogP contribution is -2.16. The number of rotatable bonds is 5. The molecule has 0 saturated heterocycles. The zero-order chi connectivity index (χ0) is 21.1. The van der Waals surface area contributed by atoms with E-state index in [1.54, 1.807) is 31.4 Å². The minimum atomic E-state index is -0.411. The summed E-state index contributed by atoms with van der Waals surface area (Å²) in [6.45, 7) is 0. The van der Waals surface area contributed by atoms with Crippen LogP contribution in [-0.4, -0.2) is 26.1 Å². The minimum absolute atomic E-state index is 0.280. The molecule has 1 heterocycles. The summed E-state index contributed by atoms with van der Waals surface area (Å²) >= 11 is 1.47. The van der Waals surface area contributed by atoms with Crippen molar-refractivity contribution in [3.63, 3.8) is 0 Å². The van der Waals surface area contributed by atoms with Gasteiger partial charge in [0.05, 0.1) is 19.8 Å². The highest BCUT2D eigenvalue weighted by atomic mass is 32.1. The van der Waals surface area contributed by atoms with Crippen LogP contribution in [0.15, 0.2) is 54.6 Å². The lowest BCUT2D eigenvalue weighted by molar-refractivity contribution is 0.0601. The van der Waals surface area contributed by atoms with Gasteiger partial charge in [-0.3, -0.25) is 4.79 Å². The molecular formula is C24H23NO4S. The largest absolute Gasteiger partial charge is 0.497 e. The molecule has 30 heavy (non-hydrogen) atoms. The summed E-state index contributed by atoms with van der Waals surface area (Å²) in [5, 5.41) is 3.48. The second-order valence-corrected chi connectivity index (χ2v) is 8.34. The monoisotopic (exact) mass is 421 g/mol. The molecule has 2 aromatic carbocycles. The minimum Gasteiger partial charge on any atom is -0.497 e. The smallest absolute Gasteiger partial charge is 0.341 e. The number of nitrogens with one attached hydrogen (secondary N) is 1. The summed E-state index contributed by atoms with van der Waals surface area (Å²) in [6.07, 6.45) is 2.59. The van der Waals surface area contributed by atoms with Crippen LogP contribution in [0.3, 0.4) is 0 Å². The van der Waals surface area contributed by atoms with E-state index < -0.39 is 5.97 Å². The van der Waals surface area contributed by atoms with E-state index in [9.17, 15) is 9.59 Å². The second kappa shape index (κ2) is 8.71. The zero-order valence-electron chi connectivity index (χ0n) is 16.9. The van der Waals surface area contributed by atoms with Crippen LogP contribution in [0.2, 0.25) is 0 Å². The third-order valence-corrected chi connectivity index (χ3v) is 6.65. The fourth-order valence-corrected chi connectivity index (χ4v) is 5.25. The Hall–Kier alpha value is -3.12. The van der Waals surface area contributed by atoms with Gasteiger partial charge in [0, 0.05) is 10.4 Å². The topological polar surface area (TPSA) is 64.6 Å². The van der Waals surface area contributed by atoms with E-state index in [2.05, 4.69) is 29.6 Å². The van der Waals surface area contributed by atoms with E-state index in [0.29, 0.717) is 27.8 Å². The Kier molecular flexibility index (Phi) is 5.86. The molecule has 1 aromatic heterocycles. The third-order valence-electron chi connectivity index (χ3n) is 5.48. The quantitative estimate of drug-likeness (QED) is 0.584. The number of ether oxygens (including phenoxy) is 2. The molecule has 5 nitrogen and oxygen atoms in total. The van der Waals surface area contributed by atoms with Crippen molar-refractivity contribution in [1.82, 2.24) is 0 Å². The van der Waals surface area contributed by atoms with Crippen LogP contribution < -0.4 is 10.1 Å². The molecule has 1 atom stereocenters. The van der Waals surface area contributed by atoms with Gasteiger partial charge in [0.1, 0.15) is 10.8 Å². The van der Waals surface area contributed by atoms with Crippen LogP contribution in [0.5, 0.6) is 5.75 Å². The first-order chi connectivity index (χ1) is 14.6. The predicted molar refractivity (Wildman–Crippen MR) is 118 cm³/mol. The van der Waals surface area contributed by atoms with Gasteiger partial charge in [-0.15, -0.1) is 11.3 Å². The van der Waals surface area contributed by atoms with E-state index in [4.69, 9.17) is 9.47 Å². The fraction of sp³-hybridized carbons (Fsp3) is 0.250. The first kappa shape index (κ1) is 20.2. The van der Waals surface area contributed by atoms with Crippen molar-refractivity contribution in [3.8, 4) is 5.75 Å². The van der Waals surface area contributed by atoms with Crippen LogP contribution >= 0.6 is 11.3 Å². The highest BCUT2D eigenvalue weighted by Gasteiger charge is 2.30. The van der Waals surface area contributed by atoms with Crippen LogP contribution in [-0.2, 0) is 17.6 Å². The number of methoxy groups -OCH3 is 2. The molecule has 0 radical (unpaired) electrons. The van der Waals surface area contributed by atoms with Crippen LogP contribution in [0.25, 0.3) is 0 Å². The van der Waals surface area contributed by atoms with Gasteiger partial charge in [-0.1, -0.05) is 36.4 Å². The number of carbonyl (C=O) groups is 2. The summed E-state index contributed by atoms with van der Waals surface area (Å²) in [4.78, 5) is 26.5. The fourth-order valence-electron chi connectivity index (χ4n) is 3.94. The number of anilines is 1. The van der Waals surface area contributed by atoms with Crippen LogP contribution in [0.1, 0.15) is 49.1 Å². The van der Waals surface area contributed by atoms with E-state index in [1.165, 1.54) is 24.0 Å². The van der Waals surface area contributed by atoms with Gasteiger partial charge in [-0.05, 0) is 54.5 Å². The van der Waals surface area contributed by atoms with Gasteiger partial charge in [0.2, 0.25) is 0 Å². The van der Waals surface area contributed by atoms with Crippen molar-refractivity contribution in [2.75, 3.05) is 19.5 Å². The third kappa shape index (κ3) is 3.96. The molecule has 0 fully saturated rings. The zero-order valence-corrected chi connectivity index (χ0v) is 17.8. The first-order valence-electron chi connectivity index (χ1n) is 9.84. The molecule has 6 heteroatoms. The molecule has 0 bridgehead atoms. The lowest BCUT2D eigenvalue weighted by Gasteiger charge is -2.22. The van der Waals surface area contributed by atoms with Crippen molar-refractivity contribution in [3.05, 3.63) is 81.7 Å². The maximum atomic E-state index is 12.8. The highest BCUT2D eigenvalue weighted by molar-refractivity contribution is 7.17. The molecule has 1 amide bonds. The summed E-state index contributed by atoms with van der Waals surface area (Å²) < 4.78 is 10.2. The van der Waals surface area contributed by atoms with Crippen LogP contribution in [0.4, 0.5) is 5.00 Å². The van der Waals surface area contributed by atoms with E-state index in [0.717, 1.165) is 29.7 Å². The number of esters is 1. The van der Waals surface area contributed by atoms with Gasteiger partial charge in [-0.25, -0.2) is 4.79 Å². The van der Waals surface area contributed by atoms with Crippen molar-refractivity contribution in [2.24, 2.45) is 0 Å². The number of hydrogen-bond donors (Lipinski definition) is 1. The standard InChI is InChI=1S/C24H23NO4S/c1-28-18-10-6-9-17(13-18)22(26)25-23-21(24(27)29-2)19-12-11-16(14-20(19)30-23)15-7-4-3-5-8-15/h3-10,13,16H,11-12,14H2,1-2H3,(H,25,26). The molecular weight excluding hydrogens is 398 g/mol. The first-order valence-corrected chi connectivity index (χ1v) is 10.7. The lowest BCUT2D eigenvalue weighted by atomic mass is 9.83. The summed E-state index contributed by atoms with van der Waals surface area (Å²) in [5.74, 6) is 0.320. The average Bonchev–Trinajstić information content (AvgIpc) is 3.16. The Morgan fingerprint density at radius 2 is 1.87 bits per heavy atom. The molecule has 0 aliphatic heterocycles. The number of hydrogen-bond acceptors (Lipinski definition) is 5. The van der Waals surface area contributed by atoms with Gasteiger partial charge in [0.15, 0.2) is 0 Å². The van der Waals surface area contributed by atoms with Crippen molar-refractivity contribution in [2.45, 2.75) is 25.2 Å². The molecule has 3 aromatic rings. The van der Waals surface area contributed by atoms with Crippen LogP contribution in [0, 0.1) is 0 Å². The van der Waals surface area contributed by atoms with Gasteiger partial charge in [-0.2, -0.15) is 0 Å². The van der Waals surface area contributed by atoms with Crippen molar-refractivity contribution >= 4 is 28.2 Å². The van der Waals surface area contributed by atoms with Gasteiger partial charge >= 0.3 is 5.97 Å². The predicted octanol–water partition coefficient (Wildman–Crippen LogP) is 5.07. The van der Waals surface area contributed by atoms with Gasteiger partial charge in [0.25, 0.3) is 5.91 Å². The number of carbonyl (C=O) groups excluding carboxylic acids is 2. The average molecular weight is 422 g/mol. The van der Waals surface area contributed by atoms with E-state index in [1.807, 2.05) is 6.07 Å². The molecule has 0 saturated carbocycles. The maximum Gasteiger partial charge on any atom is 0.341 e. The van der Waals surface area contributed by atoms with Gasteiger partial charge < -0.3 is 14.8 Å². The molecule has 1 unspecified atom stereocenters. The molecule has 0 spiro atoms. The molecule has 1 aliphatic rings. The highest BCUT2D eigenvalue weighted by Crippen LogP contribution is 2.42. The Morgan fingerprint density at radius 1 is 1.07 bits per heavy atom. The normalized spacial score (nSPS) is 15.2. The number of fused-ring (bicyclic) bond motifs is 1. The SMILES string of the molecule is COC(=O)c1c(NC(=O)c2cccc(OC)c2)sc2c1CCC(c1ccccc1)C2. The second-order valence-electron chi connectivity index (χ2n) is 7.24. The summed E-state index contributed by atoms with van der Waals surface area (Å²) in [5.41, 5.74) is 3.26. The number of amides is 1. The Bertz CT molecular complexity index is 1070. The van der Waals surface area contributed by atoms with E-state index >= 15 is 0 Å². The maximum absolute atomic E-state index is 12.8. The molecule has 154 valence electrons. The molecule has 4 rings (SSSR count). The molecule has 1 aliphatic carbocycles. The van der Waals surface area contributed by atoms with Crippen molar-refractivity contribution < 1.29 is 19.1 Å². The summed E-state index contributed by atoms with van der Waals surface area (Å²) in [7, 11) is 2.93. The van der Waals surface area contributed by atoms with Crippen molar-refractivity contribution in [1.29, 1.82) is 0 Å².